The number of benzene rings is 2. The van der Waals surface area contributed by atoms with Gasteiger partial charge in [-0.2, -0.15) is 0 Å². The molecule has 0 aromatic heterocycles. The standard InChI is InChI=1S/C17H14O/c1-2-11-17(18)15-9-5-3-7-13(15)12-14-8-4-6-10-16(14)17/h3-10,18H,12H2,1H3. The van der Waals surface area contributed by atoms with E-state index in [4.69, 9.17) is 0 Å². The molecular weight excluding hydrogens is 220 g/mol. The summed E-state index contributed by atoms with van der Waals surface area (Å²) in [5, 5.41) is 11.0. The van der Waals surface area contributed by atoms with E-state index in [1.165, 1.54) is 0 Å². The molecule has 2 aromatic carbocycles. The van der Waals surface area contributed by atoms with Gasteiger partial charge in [-0.25, -0.2) is 0 Å². The van der Waals surface area contributed by atoms with Gasteiger partial charge in [0, 0.05) is 11.1 Å². The van der Waals surface area contributed by atoms with Gasteiger partial charge in [-0.15, -0.1) is 5.92 Å². The number of hydrogen-bond acceptors (Lipinski definition) is 1. The molecule has 0 saturated heterocycles. The van der Waals surface area contributed by atoms with E-state index in [2.05, 4.69) is 24.0 Å². The fraction of sp³-hybridized carbons (Fsp3) is 0.176. The number of fused-ring (bicyclic) bond motifs is 2. The number of hydrogen-bond donors (Lipinski definition) is 1. The van der Waals surface area contributed by atoms with Crippen molar-refractivity contribution in [3.63, 3.8) is 0 Å². The molecule has 1 aliphatic carbocycles. The van der Waals surface area contributed by atoms with Crippen molar-refractivity contribution in [2.75, 3.05) is 0 Å². The molecule has 88 valence electrons. The molecule has 3 rings (SSSR count). The van der Waals surface area contributed by atoms with E-state index in [9.17, 15) is 5.11 Å². The molecule has 1 heteroatoms. The Bertz CT molecular complexity index is 613. The van der Waals surface area contributed by atoms with Crippen LogP contribution in [0.4, 0.5) is 0 Å². The average Bonchev–Trinajstić information content (AvgIpc) is 2.40. The Balaban J connectivity index is 2.33. The topological polar surface area (TPSA) is 20.2 Å². The van der Waals surface area contributed by atoms with Crippen molar-refractivity contribution >= 4 is 0 Å². The molecule has 0 aliphatic heterocycles. The quantitative estimate of drug-likeness (QED) is 0.695. The molecule has 0 spiro atoms. The Morgan fingerprint density at radius 3 is 1.94 bits per heavy atom. The molecule has 0 radical (unpaired) electrons. The second-order valence-corrected chi connectivity index (χ2v) is 4.58. The molecule has 1 aliphatic rings. The monoisotopic (exact) mass is 234 g/mol. The van der Waals surface area contributed by atoms with Crippen LogP contribution in [0.3, 0.4) is 0 Å². The summed E-state index contributed by atoms with van der Waals surface area (Å²) >= 11 is 0. The maximum absolute atomic E-state index is 11.0. The van der Waals surface area contributed by atoms with Crippen LogP contribution in [0.5, 0.6) is 0 Å². The highest BCUT2D eigenvalue weighted by Gasteiger charge is 2.36. The molecule has 18 heavy (non-hydrogen) atoms. The minimum atomic E-state index is -1.17. The predicted octanol–water partition coefficient (Wildman–Crippen LogP) is 2.85. The molecular formula is C17H14O. The Hall–Kier alpha value is -2.04. The predicted molar refractivity (Wildman–Crippen MR) is 72.1 cm³/mol. The Morgan fingerprint density at radius 2 is 1.44 bits per heavy atom. The van der Waals surface area contributed by atoms with E-state index < -0.39 is 5.60 Å². The van der Waals surface area contributed by atoms with Crippen molar-refractivity contribution < 1.29 is 5.11 Å². The summed E-state index contributed by atoms with van der Waals surface area (Å²) < 4.78 is 0. The second-order valence-electron chi connectivity index (χ2n) is 4.58. The maximum Gasteiger partial charge on any atom is 0.177 e. The van der Waals surface area contributed by atoms with Gasteiger partial charge in [-0.1, -0.05) is 54.5 Å². The molecule has 1 N–H and O–H groups in total. The van der Waals surface area contributed by atoms with Gasteiger partial charge in [0.2, 0.25) is 0 Å². The minimum Gasteiger partial charge on any atom is -0.369 e. The minimum absolute atomic E-state index is 0.861. The second kappa shape index (κ2) is 4.01. The average molecular weight is 234 g/mol. The summed E-state index contributed by atoms with van der Waals surface area (Å²) in [5.41, 5.74) is 2.97. The third-order valence-electron chi connectivity index (χ3n) is 3.50. The van der Waals surface area contributed by atoms with Gasteiger partial charge in [0.15, 0.2) is 5.60 Å². The van der Waals surface area contributed by atoms with Crippen molar-refractivity contribution in [1.29, 1.82) is 0 Å². The van der Waals surface area contributed by atoms with Gasteiger partial charge in [-0.05, 0) is 24.5 Å². The van der Waals surface area contributed by atoms with E-state index in [1.54, 1.807) is 6.92 Å². The smallest absolute Gasteiger partial charge is 0.177 e. The first-order valence-electron chi connectivity index (χ1n) is 6.09. The van der Waals surface area contributed by atoms with Gasteiger partial charge in [0.1, 0.15) is 0 Å². The lowest BCUT2D eigenvalue weighted by Gasteiger charge is -2.32. The molecule has 0 saturated carbocycles. The van der Waals surface area contributed by atoms with Crippen molar-refractivity contribution in [2.24, 2.45) is 0 Å². The van der Waals surface area contributed by atoms with Crippen molar-refractivity contribution in [3.05, 3.63) is 70.8 Å². The summed E-state index contributed by atoms with van der Waals surface area (Å²) in [6.07, 6.45) is 0.861. The molecule has 0 bridgehead atoms. The number of rotatable bonds is 0. The highest BCUT2D eigenvalue weighted by molar-refractivity contribution is 5.56. The summed E-state index contributed by atoms with van der Waals surface area (Å²) in [7, 11) is 0. The Labute approximate surface area is 107 Å². The lowest BCUT2D eigenvalue weighted by Crippen LogP contribution is -2.31. The van der Waals surface area contributed by atoms with Crippen LogP contribution < -0.4 is 0 Å². The molecule has 0 heterocycles. The van der Waals surface area contributed by atoms with Crippen LogP contribution >= 0.6 is 0 Å². The highest BCUT2D eigenvalue weighted by Crippen LogP contribution is 2.39. The van der Waals surface area contributed by atoms with E-state index in [-0.39, 0.29) is 0 Å². The van der Waals surface area contributed by atoms with Gasteiger partial charge in [0.25, 0.3) is 0 Å². The first kappa shape index (κ1) is 11.1. The molecule has 2 aromatic rings. The van der Waals surface area contributed by atoms with E-state index >= 15 is 0 Å². The Morgan fingerprint density at radius 1 is 0.944 bits per heavy atom. The van der Waals surface area contributed by atoms with Crippen molar-refractivity contribution in [1.82, 2.24) is 0 Å². The lowest BCUT2D eigenvalue weighted by atomic mass is 9.75. The summed E-state index contributed by atoms with van der Waals surface area (Å²) in [6, 6.07) is 16.0. The summed E-state index contributed by atoms with van der Waals surface area (Å²) in [5.74, 6) is 5.84. The fourth-order valence-electron chi connectivity index (χ4n) is 2.72. The zero-order valence-corrected chi connectivity index (χ0v) is 10.3. The van der Waals surface area contributed by atoms with E-state index in [0.29, 0.717) is 0 Å². The first-order chi connectivity index (χ1) is 8.75. The highest BCUT2D eigenvalue weighted by atomic mass is 16.3. The number of aliphatic hydroxyl groups is 1. The van der Waals surface area contributed by atoms with Crippen LogP contribution in [0.15, 0.2) is 48.5 Å². The SMILES string of the molecule is CC#CC1(O)c2ccccc2Cc2ccccc21. The largest absolute Gasteiger partial charge is 0.369 e. The van der Waals surface area contributed by atoms with Crippen molar-refractivity contribution in [2.45, 2.75) is 18.9 Å². The van der Waals surface area contributed by atoms with Gasteiger partial charge in [-0.3, -0.25) is 0 Å². The van der Waals surface area contributed by atoms with Gasteiger partial charge < -0.3 is 5.11 Å². The van der Waals surface area contributed by atoms with Crippen molar-refractivity contribution in [3.8, 4) is 11.8 Å². The van der Waals surface area contributed by atoms with Gasteiger partial charge >= 0.3 is 0 Å². The molecule has 0 atom stereocenters. The fourth-order valence-corrected chi connectivity index (χ4v) is 2.72. The first-order valence-corrected chi connectivity index (χ1v) is 6.09. The molecule has 1 nitrogen and oxygen atoms in total. The maximum atomic E-state index is 11.0. The zero-order valence-electron chi connectivity index (χ0n) is 10.3. The van der Waals surface area contributed by atoms with E-state index in [0.717, 1.165) is 28.7 Å². The zero-order chi connectivity index (χ0) is 12.6. The van der Waals surface area contributed by atoms with Gasteiger partial charge in [0.05, 0.1) is 0 Å². The summed E-state index contributed by atoms with van der Waals surface area (Å²) in [4.78, 5) is 0. The summed E-state index contributed by atoms with van der Waals surface area (Å²) in [6.45, 7) is 1.76. The molecule has 0 amide bonds. The molecule has 0 unspecified atom stereocenters. The third kappa shape index (κ3) is 1.47. The van der Waals surface area contributed by atoms with Crippen LogP contribution in [0.25, 0.3) is 0 Å². The normalized spacial score (nSPS) is 15.0. The van der Waals surface area contributed by atoms with Crippen LogP contribution in [-0.4, -0.2) is 5.11 Å². The molecule has 0 fully saturated rings. The van der Waals surface area contributed by atoms with Crippen LogP contribution in [0.1, 0.15) is 29.2 Å². The Kier molecular flexibility index (Phi) is 2.47. The lowest BCUT2D eigenvalue weighted by molar-refractivity contribution is 0.140. The van der Waals surface area contributed by atoms with Crippen LogP contribution in [0, 0.1) is 11.8 Å². The third-order valence-corrected chi connectivity index (χ3v) is 3.50. The van der Waals surface area contributed by atoms with Crippen LogP contribution in [-0.2, 0) is 12.0 Å². The van der Waals surface area contributed by atoms with Crippen LogP contribution in [0.2, 0.25) is 0 Å². The van der Waals surface area contributed by atoms with E-state index in [1.807, 2.05) is 36.4 Å².